The second kappa shape index (κ2) is 5.99. The first-order valence-corrected chi connectivity index (χ1v) is 6.00. The molecule has 0 aromatic heterocycles. The standard InChI is InChI=1S/C13H20N2O/c16-10-13(15-12-6-7-14-9-12)8-11-4-2-1-3-5-11/h1-5,12-16H,6-10H2. The van der Waals surface area contributed by atoms with E-state index in [0.717, 1.165) is 25.9 Å². The van der Waals surface area contributed by atoms with E-state index < -0.39 is 0 Å². The van der Waals surface area contributed by atoms with Crippen LogP contribution in [0.1, 0.15) is 12.0 Å². The third-order valence-corrected chi connectivity index (χ3v) is 3.08. The predicted octanol–water partition coefficient (Wildman–Crippen LogP) is 0.541. The summed E-state index contributed by atoms with van der Waals surface area (Å²) >= 11 is 0. The van der Waals surface area contributed by atoms with Crippen molar-refractivity contribution in [2.45, 2.75) is 24.9 Å². The van der Waals surface area contributed by atoms with Crippen molar-refractivity contribution in [3.05, 3.63) is 35.9 Å². The smallest absolute Gasteiger partial charge is 0.0587 e. The van der Waals surface area contributed by atoms with Crippen molar-refractivity contribution in [1.82, 2.24) is 10.6 Å². The maximum Gasteiger partial charge on any atom is 0.0587 e. The summed E-state index contributed by atoms with van der Waals surface area (Å²) in [6.45, 7) is 2.30. The monoisotopic (exact) mass is 220 g/mol. The fourth-order valence-corrected chi connectivity index (χ4v) is 2.21. The predicted molar refractivity (Wildman–Crippen MR) is 65.4 cm³/mol. The average molecular weight is 220 g/mol. The summed E-state index contributed by atoms with van der Waals surface area (Å²) in [7, 11) is 0. The van der Waals surface area contributed by atoms with Gasteiger partial charge in [0.15, 0.2) is 0 Å². The molecule has 0 aliphatic carbocycles. The molecule has 3 N–H and O–H groups in total. The highest BCUT2D eigenvalue weighted by molar-refractivity contribution is 5.16. The van der Waals surface area contributed by atoms with E-state index in [1.165, 1.54) is 5.56 Å². The highest BCUT2D eigenvalue weighted by Gasteiger charge is 2.18. The van der Waals surface area contributed by atoms with E-state index in [9.17, 15) is 5.11 Å². The molecule has 3 heteroatoms. The molecule has 16 heavy (non-hydrogen) atoms. The minimum atomic E-state index is 0.173. The molecule has 0 spiro atoms. The molecule has 1 heterocycles. The zero-order valence-corrected chi connectivity index (χ0v) is 9.52. The molecule has 1 aromatic rings. The first-order valence-electron chi connectivity index (χ1n) is 6.00. The van der Waals surface area contributed by atoms with E-state index >= 15 is 0 Å². The van der Waals surface area contributed by atoms with Gasteiger partial charge in [0.2, 0.25) is 0 Å². The first-order chi connectivity index (χ1) is 7.88. The quantitative estimate of drug-likeness (QED) is 0.678. The zero-order chi connectivity index (χ0) is 11.2. The zero-order valence-electron chi connectivity index (χ0n) is 9.52. The van der Waals surface area contributed by atoms with Crippen LogP contribution in [0.3, 0.4) is 0 Å². The van der Waals surface area contributed by atoms with Crippen molar-refractivity contribution in [3.63, 3.8) is 0 Å². The van der Waals surface area contributed by atoms with Crippen LogP contribution < -0.4 is 10.6 Å². The third-order valence-electron chi connectivity index (χ3n) is 3.08. The molecule has 2 atom stereocenters. The Morgan fingerprint density at radius 1 is 1.38 bits per heavy atom. The summed E-state index contributed by atoms with van der Waals surface area (Å²) in [5.41, 5.74) is 1.28. The normalized spacial score (nSPS) is 22.2. The largest absolute Gasteiger partial charge is 0.395 e. The van der Waals surface area contributed by atoms with E-state index in [-0.39, 0.29) is 12.6 Å². The molecule has 0 radical (unpaired) electrons. The van der Waals surface area contributed by atoms with Gasteiger partial charge in [0, 0.05) is 18.6 Å². The maximum atomic E-state index is 9.36. The summed E-state index contributed by atoms with van der Waals surface area (Å²) in [6, 6.07) is 11.0. The van der Waals surface area contributed by atoms with Gasteiger partial charge in [0.25, 0.3) is 0 Å². The molecular formula is C13H20N2O. The second-order valence-electron chi connectivity index (χ2n) is 4.43. The molecule has 3 nitrogen and oxygen atoms in total. The molecule has 1 aliphatic heterocycles. The fraction of sp³-hybridized carbons (Fsp3) is 0.538. The van der Waals surface area contributed by atoms with Crippen LogP contribution in [0, 0.1) is 0 Å². The van der Waals surface area contributed by atoms with Gasteiger partial charge in [-0.15, -0.1) is 0 Å². The topological polar surface area (TPSA) is 44.3 Å². The van der Waals surface area contributed by atoms with E-state index in [1.54, 1.807) is 0 Å². The lowest BCUT2D eigenvalue weighted by Gasteiger charge is -2.20. The Morgan fingerprint density at radius 3 is 2.81 bits per heavy atom. The Bertz CT molecular complexity index is 296. The van der Waals surface area contributed by atoms with Crippen LogP contribution in [-0.2, 0) is 6.42 Å². The molecule has 2 rings (SSSR count). The Kier molecular flexibility index (Phi) is 4.34. The van der Waals surface area contributed by atoms with Crippen molar-refractivity contribution < 1.29 is 5.11 Å². The van der Waals surface area contributed by atoms with E-state index in [2.05, 4.69) is 22.8 Å². The molecular weight excluding hydrogens is 200 g/mol. The van der Waals surface area contributed by atoms with E-state index in [0.29, 0.717) is 6.04 Å². The van der Waals surface area contributed by atoms with Gasteiger partial charge in [-0.25, -0.2) is 0 Å². The van der Waals surface area contributed by atoms with Gasteiger partial charge in [-0.2, -0.15) is 0 Å². The number of hydrogen-bond donors (Lipinski definition) is 3. The van der Waals surface area contributed by atoms with Crippen LogP contribution in [0.5, 0.6) is 0 Å². The Labute approximate surface area is 96.9 Å². The molecule has 0 amide bonds. The van der Waals surface area contributed by atoms with Crippen molar-refractivity contribution in [1.29, 1.82) is 0 Å². The van der Waals surface area contributed by atoms with Gasteiger partial charge in [0.1, 0.15) is 0 Å². The number of nitrogens with one attached hydrogen (secondary N) is 2. The average Bonchev–Trinajstić information content (AvgIpc) is 2.82. The summed E-state index contributed by atoms with van der Waals surface area (Å²) in [4.78, 5) is 0. The highest BCUT2D eigenvalue weighted by atomic mass is 16.3. The number of hydrogen-bond acceptors (Lipinski definition) is 3. The van der Waals surface area contributed by atoms with Crippen LogP contribution in [0.15, 0.2) is 30.3 Å². The van der Waals surface area contributed by atoms with Crippen LogP contribution >= 0.6 is 0 Å². The van der Waals surface area contributed by atoms with Crippen LogP contribution in [-0.4, -0.2) is 36.9 Å². The van der Waals surface area contributed by atoms with Gasteiger partial charge in [-0.3, -0.25) is 0 Å². The SMILES string of the molecule is OCC(Cc1ccccc1)NC1CCNC1. The summed E-state index contributed by atoms with van der Waals surface area (Å²) < 4.78 is 0. The lowest BCUT2D eigenvalue weighted by Crippen LogP contribution is -2.42. The van der Waals surface area contributed by atoms with Crippen LogP contribution in [0.4, 0.5) is 0 Å². The first kappa shape index (κ1) is 11.6. The minimum absolute atomic E-state index is 0.173. The van der Waals surface area contributed by atoms with E-state index in [4.69, 9.17) is 0 Å². The lowest BCUT2D eigenvalue weighted by molar-refractivity contribution is 0.232. The highest BCUT2D eigenvalue weighted by Crippen LogP contribution is 2.05. The third kappa shape index (κ3) is 3.30. The van der Waals surface area contributed by atoms with Crippen molar-refractivity contribution >= 4 is 0 Å². The number of rotatable bonds is 5. The minimum Gasteiger partial charge on any atom is -0.395 e. The summed E-state index contributed by atoms with van der Waals surface area (Å²) in [5.74, 6) is 0. The fourth-order valence-electron chi connectivity index (χ4n) is 2.21. The molecule has 0 bridgehead atoms. The molecule has 1 saturated heterocycles. The Morgan fingerprint density at radius 2 is 2.19 bits per heavy atom. The number of benzene rings is 1. The van der Waals surface area contributed by atoms with Crippen molar-refractivity contribution in [2.24, 2.45) is 0 Å². The lowest BCUT2D eigenvalue weighted by atomic mass is 10.1. The molecule has 2 unspecified atom stereocenters. The number of aliphatic hydroxyl groups is 1. The maximum absolute atomic E-state index is 9.36. The molecule has 0 saturated carbocycles. The van der Waals surface area contributed by atoms with Gasteiger partial charge in [0.05, 0.1) is 6.61 Å². The number of aliphatic hydroxyl groups excluding tert-OH is 1. The van der Waals surface area contributed by atoms with Crippen molar-refractivity contribution in [2.75, 3.05) is 19.7 Å². The van der Waals surface area contributed by atoms with Crippen molar-refractivity contribution in [3.8, 4) is 0 Å². The van der Waals surface area contributed by atoms with Gasteiger partial charge < -0.3 is 15.7 Å². The Balaban J connectivity index is 1.85. The summed E-state index contributed by atoms with van der Waals surface area (Å²) in [5, 5.41) is 16.2. The molecule has 88 valence electrons. The molecule has 1 aliphatic rings. The van der Waals surface area contributed by atoms with Crippen LogP contribution in [0.25, 0.3) is 0 Å². The van der Waals surface area contributed by atoms with Crippen LogP contribution in [0.2, 0.25) is 0 Å². The van der Waals surface area contributed by atoms with E-state index in [1.807, 2.05) is 18.2 Å². The summed E-state index contributed by atoms with van der Waals surface area (Å²) in [6.07, 6.45) is 2.05. The molecule has 1 aromatic carbocycles. The second-order valence-corrected chi connectivity index (χ2v) is 4.43. The van der Waals surface area contributed by atoms with Gasteiger partial charge in [-0.1, -0.05) is 30.3 Å². The Hall–Kier alpha value is -0.900. The van der Waals surface area contributed by atoms with Gasteiger partial charge in [-0.05, 0) is 24.9 Å². The molecule has 1 fully saturated rings. The van der Waals surface area contributed by atoms with Gasteiger partial charge >= 0.3 is 0 Å².